The first-order valence-corrected chi connectivity index (χ1v) is 6.06. The van der Waals surface area contributed by atoms with Crippen LogP contribution in [-0.4, -0.2) is 39.9 Å². The van der Waals surface area contributed by atoms with Crippen molar-refractivity contribution in [1.82, 2.24) is 4.90 Å². The summed E-state index contributed by atoms with van der Waals surface area (Å²) in [6.45, 7) is 0.150. The molecule has 112 valence electrons. The van der Waals surface area contributed by atoms with Crippen LogP contribution in [0.3, 0.4) is 0 Å². The summed E-state index contributed by atoms with van der Waals surface area (Å²) in [7, 11) is 0. The number of rotatable bonds is 3. The standard InChI is InChI=1S/C12H12FN3O5/c13-7-3-8(10(14)9(4-7)16(20)21)11(17)15-2-1-6(5-15)12(18)19/h3-4,6H,1-2,5,14H2,(H,18,19). The number of carbonyl (C=O) groups excluding carboxylic acids is 1. The van der Waals surface area contributed by atoms with Gasteiger partial charge in [0.2, 0.25) is 0 Å². The lowest BCUT2D eigenvalue weighted by Gasteiger charge is -2.17. The van der Waals surface area contributed by atoms with Crippen LogP contribution in [0.2, 0.25) is 0 Å². The van der Waals surface area contributed by atoms with Crippen LogP contribution >= 0.6 is 0 Å². The summed E-state index contributed by atoms with van der Waals surface area (Å²) in [5, 5.41) is 19.7. The molecule has 0 radical (unpaired) electrons. The number of nitro benzene ring substituents is 1. The average Bonchev–Trinajstić information content (AvgIpc) is 2.89. The smallest absolute Gasteiger partial charge is 0.308 e. The molecule has 2 rings (SSSR count). The van der Waals surface area contributed by atoms with E-state index >= 15 is 0 Å². The summed E-state index contributed by atoms with van der Waals surface area (Å²) in [6, 6.07) is 1.45. The highest BCUT2D eigenvalue weighted by Crippen LogP contribution is 2.29. The predicted molar refractivity (Wildman–Crippen MR) is 69.1 cm³/mol. The van der Waals surface area contributed by atoms with Gasteiger partial charge in [0.1, 0.15) is 11.5 Å². The van der Waals surface area contributed by atoms with Gasteiger partial charge >= 0.3 is 5.97 Å². The lowest BCUT2D eigenvalue weighted by atomic mass is 10.1. The number of amides is 1. The van der Waals surface area contributed by atoms with E-state index in [2.05, 4.69) is 0 Å². The number of nitrogen functional groups attached to an aromatic ring is 1. The lowest BCUT2D eigenvalue weighted by Crippen LogP contribution is -2.30. The van der Waals surface area contributed by atoms with Crippen molar-refractivity contribution in [2.24, 2.45) is 5.92 Å². The molecule has 9 heteroatoms. The number of aliphatic carboxylic acids is 1. The van der Waals surface area contributed by atoms with Crippen LogP contribution < -0.4 is 5.73 Å². The Bertz CT molecular complexity index is 634. The molecule has 8 nitrogen and oxygen atoms in total. The number of nitro groups is 1. The summed E-state index contributed by atoms with van der Waals surface area (Å²) < 4.78 is 13.4. The third-order valence-electron chi connectivity index (χ3n) is 3.37. The molecular formula is C12H12FN3O5. The van der Waals surface area contributed by atoms with Gasteiger partial charge in [-0.1, -0.05) is 0 Å². The number of halogens is 1. The first-order valence-electron chi connectivity index (χ1n) is 6.06. The fourth-order valence-corrected chi connectivity index (χ4v) is 2.25. The second kappa shape index (κ2) is 5.35. The van der Waals surface area contributed by atoms with Crippen molar-refractivity contribution in [3.05, 3.63) is 33.6 Å². The first-order chi connectivity index (χ1) is 9.81. The number of hydrogen-bond donors (Lipinski definition) is 2. The van der Waals surface area contributed by atoms with E-state index in [9.17, 15) is 24.1 Å². The highest BCUT2D eigenvalue weighted by atomic mass is 19.1. The Labute approximate surface area is 118 Å². The summed E-state index contributed by atoms with van der Waals surface area (Å²) in [6.07, 6.45) is 0.276. The molecule has 0 saturated carbocycles. The second-order valence-corrected chi connectivity index (χ2v) is 4.72. The van der Waals surface area contributed by atoms with Gasteiger partial charge in [-0.25, -0.2) is 4.39 Å². The maximum atomic E-state index is 13.4. The molecule has 21 heavy (non-hydrogen) atoms. The normalized spacial score (nSPS) is 17.8. The van der Waals surface area contributed by atoms with E-state index in [-0.39, 0.29) is 25.1 Å². The van der Waals surface area contributed by atoms with Crippen LogP contribution in [0.4, 0.5) is 15.8 Å². The van der Waals surface area contributed by atoms with Crippen molar-refractivity contribution in [3.8, 4) is 0 Å². The highest BCUT2D eigenvalue weighted by molar-refractivity contribution is 6.01. The topological polar surface area (TPSA) is 127 Å². The third-order valence-corrected chi connectivity index (χ3v) is 3.37. The van der Waals surface area contributed by atoms with E-state index in [1.165, 1.54) is 4.90 Å². The number of nitrogens with zero attached hydrogens (tertiary/aromatic N) is 2. The van der Waals surface area contributed by atoms with E-state index in [4.69, 9.17) is 10.8 Å². The van der Waals surface area contributed by atoms with E-state index in [1.54, 1.807) is 0 Å². The monoisotopic (exact) mass is 297 g/mol. The van der Waals surface area contributed by atoms with Gasteiger partial charge in [-0.3, -0.25) is 19.7 Å². The number of carboxylic acids is 1. The molecule has 1 fully saturated rings. The Balaban J connectivity index is 2.32. The van der Waals surface area contributed by atoms with Gasteiger partial charge in [0, 0.05) is 13.1 Å². The largest absolute Gasteiger partial charge is 0.481 e. The van der Waals surface area contributed by atoms with Crippen molar-refractivity contribution in [1.29, 1.82) is 0 Å². The quantitative estimate of drug-likeness (QED) is 0.484. The minimum absolute atomic E-state index is 0.0298. The molecule has 0 aliphatic carbocycles. The molecule has 1 heterocycles. The molecule has 1 aromatic rings. The van der Waals surface area contributed by atoms with E-state index in [1.807, 2.05) is 0 Å². The number of carbonyl (C=O) groups is 2. The highest BCUT2D eigenvalue weighted by Gasteiger charge is 2.33. The van der Waals surface area contributed by atoms with Crippen LogP contribution in [0.1, 0.15) is 16.8 Å². The molecule has 1 saturated heterocycles. The molecule has 0 aromatic heterocycles. The number of likely N-dealkylation sites (tertiary alicyclic amines) is 1. The van der Waals surface area contributed by atoms with Crippen molar-refractivity contribution in [3.63, 3.8) is 0 Å². The zero-order chi connectivity index (χ0) is 15.7. The lowest BCUT2D eigenvalue weighted by molar-refractivity contribution is -0.384. The molecule has 1 atom stereocenters. The molecule has 1 aliphatic heterocycles. The number of carboxylic acid groups (broad SMARTS) is 1. The molecular weight excluding hydrogens is 285 g/mol. The van der Waals surface area contributed by atoms with Gasteiger partial charge in [0.05, 0.1) is 22.5 Å². The molecule has 1 unspecified atom stereocenters. The second-order valence-electron chi connectivity index (χ2n) is 4.72. The summed E-state index contributed by atoms with van der Waals surface area (Å²) in [5.74, 6) is -3.38. The van der Waals surface area contributed by atoms with E-state index in [0.717, 1.165) is 6.07 Å². The number of hydrogen-bond acceptors (Lipinski definition) is 5. The molecule has 3 N–H and O–H groups in total. The van der Waals surface area contributed by atoms with E-state index in [0.29, 0.717) is 6.07 Å². The SMILES string of the molecule is Nc1c(C(=O)N2CCC(C(=O)O)C2)cc(F)cc1[N+](=O)[O-]. The van der Waals surface area contributed by atoms with Crippen molar-refractivity contribution >= 4 is 23.3 Å². The minimum Gasteiger partial charge on any atom is -0.481 e. The van der Waals surface area contributed by atoms with Gasteiger partial charge < -0.3 is 15.7 Å². The number of benzene rings is 1. The fraction of sp³-hybridized carbons (Fsp3) is 0.333. The van der Waals surface area contributed by atoms with Gasteiger partial charge in [0.25, 0.3) is 11.6 Å². The fourth-order valence-electron chi connectivity index (χ4n) is 2.25. The number of anilines is 1. The zero-order valence-electron chi connectivity index (χ0n) is 10.8. The van der Waals surface area contributed by atoms with Crippen molar-refractivity contribution < 1.29 is 24.0 Å². The van der Waals surface area contributed by atoms with Gasteiger partial charge in [-0.2, -0.15) is 0 Å². The molecule has 1 aromatic carbocycles. The average molecular weight is 297 g/mol. The molecule has 1 aliphatic rings. The van der Waals surface area contributed by atoms with Gasteiger partial charge in [-0.05, 0) is 12.5 Å². The van der Waals surface area contributed by atoms with Crippen LogP contribution in [0.25, 0.3) is 0 Å². The molecule has 0 spiro atoms. The Morgan fingerprint density at radius 3 is 2.67 bits per heavy atom. The summed E-state index contributed by atoms with van der Waals surface area (Å²) >= 11 is 0. The van der Waals surface area contributed by atoms with Crippen molar-refractivity contribution in [2.75, 3.05) is 18.8 Å². The van der Waals surface area contributed by atoms with Crippen LogP contribution in [-0.2, 0) is 4.79 Å². The maximum absolute atomic E-state index is 13.4. The Hall–Kier alpha value is -2.71. The first kappa shape index (κ1) is 14.7. The molecule has 0 bridgehead atoms. The Morgan fingerprint density at radius 1 is 1.48 bits per heavy atom. The maximum Gasteiger partial charge on any atom is 0.308 e. The van der Waals surface area contributed by atoms with Gasteiger partial charge in [0.15, 0.2) is 0 Å². The minimum atomic E-state index is -1.02. The Morgan fingerprint density at radius 2 is 2.14 bits per heavy atom. The van der Waals surface area contributed by atoms with Gasteiger partial charge in [-0.15, -0.1) is 0 Å². The number of nitrogens with two attached hydrogens (primary N) is 1. The molecule has 1 amide bonds. The van der Waals surface area contributed by atoms with Crippen LogP contribution in [0.5, 0.6) is 0 Å². The predicted octanol–water partition coefficient (Wildman–Crippen LogP) is 0.863. The zero-order valence-corrected chi connectivity index (χ0v) is 10.8. The van der Waals surface area contributed by atoms with Crippen LogP contribution in [0, 0.1) is 21.8 Å². The van der Waals surface area contributed by atoms with E-state index < -0.39 is 39.9 Å². The Kier molecular flexibility index (Phi) is 3.74. The summed E-state index contributed by atoms with van der Waals surface area (Å²) in [5.41, 5.74) is 4.10. The van der Waals surface area contributed by atoms with Crippen molar-refractivity contribution in [2.45, 2.75) is 6.42 Å². The van der Waals surface area contributed by atoms with Crippen LogP contribution in [0.15, 0.2) is 12.1 Å². The summed E-state index contributed by atoms with van der Waals surface area (Å²) in [4.78, 5) is 34.2. The third kappa shape index (κ3) is 2.76.